The number of esters is 1. The average Bonchev–Trinajstić information content (AvgIpc) is 2.45. The van der Waals surface area contributed by atoms with Crippen molar-refractivity contribution in [1.82, 2.24) is 0 Å². The third-order valence-electron chi connectivity index (χ3n) is 3.32. The highest BCUT2D eigenvalue weighted by Gasteiger charge is 2.13. The lowest BCUT2D eigenvalue weighted by Crippen LogP contribution is -2.07. The molecule has 0 aromatic heterocycles. The summed E-state index contributed by atoms with van der Waals surface area (Å²) in [5, 5.41) is 12.4. The standard InChI is InChI=1S/C18H23NO3/c1-7-22-18(21)16(19-6)10-13-8-14(11(2)3)17(20)15(9-13)12(4)5/h8-12,20H,7H2,1-5H3/p-1. The predicted molar refractivity (Wildman–Crippen MR) is 85.3 cm³/mol. The van der Waals surface area contributed by atoms with Gasteiger partial charge >= 0.3 is 5.97 Å². The van der Waals surface area contributed by atoms with Gasteiger partial charge in [0.1, 0.15) is 0 Å². The van der Waals surface area contributed by atoms with E-state index in [2.05, 4.69) is 4.85 Å². The summed E-state index contributed by atoms with van der Waals surface area (Å²) in [5.41, 5.74) is 2.01. The number of carbonyl (C=O) groups excluding carboxylic acids is 1. The van der Waals surface area contributed by atoms with E-state index in [1.807, 2.05) is 27.7 Å². The molecule has 1 rings (SSSR count). The molecule has 0 N–H and O–H groups in total. The SMILES string of the molecule is [C-]#[N+]C(=Cc1cc(C(C)C)c([O-])c(C(C)C)c1)C(=O)OCC. The summed E-state index contributed by atoms with van der Waals surface area (Å²) in [5.74, 6) is -0.432. The van der Waals surface area contributed by atoms with Gasteiger partial charge in [0.25, 0.3) is 5.70 Å². The zero-order valence-corrected chi connectivity index (χ0v) is 13.8. The number of benzene rings is 1. The van der Waals surface area contributed by atoms with Crippen LogP contribution in [0.25, 0.3) is 10.9 Å². The minimum Gasteiger partial charge on any atom is -0.872 e. The number of carbonyl (C=O) groups is 1. The number of nitrogens with zero attached hydrogens (tertiary/aromatic N) is 1. The average molecular weight is 300 g/mol. The highest BCUT2D eigenvalue weighted by molar-refractivity contribution is 5.95. The largest absolute Gasteiger partial charge is 0.872 e. The summed E-state index contributed by atoms with van der Waals surface area (Å²) in [6.45, 7) is 16.9. The topological polar surface area (TPSA) is 53.7 Å². The second kappa shape index (κ2) is 7.65. The van der Waals surface area contributed by atoms with E-state index in [4.69, 9.17) is 11.3 Å². The quantitative estimate of drug-likeness (QED) is 0.472. The first kappa shape index (κ1) is 17.8. The Morgan fingerprint density at radius 3 is 2.14 bits per heavy atom. The van der Waals surface area contributed by atoms with Crippen LogP contribution in [0, 0.1) is 6.57 Å². The van der Waals surface area contributed by atoms with Crippen molar-refractivity contribution in [2.75, 3.05) is 6.61 Å². The number of hydrogen-bond acceptors (Lipinski definition) is 3. The molecule has 0 aliphatic carbocycles. The Balaban J connectivity index is 3.41. The van der Waals surface area contributed by atoms with Gasteiger partial charge in [-0.05, 0) is 30.4 Å². The fraction of sp³-hybridized carbons (Fsp3) is 0.444. The van der Waals surface area contributed by atoms with Crippen LogP contribution in [0.5, 0.6) is 5.75 Å². The van der Waals surface area contributed by atoms with Crippen LogP contribution in [0.15, 0.2) is 17.8 Å². The number of rotatable bonds is 5. The summed E-state index contributed by atoms with van der Waals surface area (Å²) in [7, 11) is 0. The maximum atomic E-state index is 12.4. The van der Waals surface area contributed by atoms with Gasteiger partial charge in [-0.1, -0.05) is 51.0 Å². The van der Waals surface area contributed by atoms with Crippen molar-refractivity contribution in [2.24, 2.45) is 0 Å². The normalized spacial score (nSPS) is 11.6. The maximum Gasteiger partial charge on any atom is 0.336 e. The molecular formula is C18H22NO3-. The molecular weight excluding hydrogens is 278 g/mol. The molecule has 0 atom stereocenters. The van der Waals surface area contributed by atoms with Crippen LogP contribution < -0.4 is 5.11 Å². The van der Waals surface area contributed by atoms with Crippen molar-refractivity contribution in [3.8, 4) is 5.75 Å². The summed E-state index contributed by atoms with van der Waals surface area (Å²) < 4.78 is 4.86. The Hall–Kier alpha value is -2.28. The zero-order chi connectivity index (χ0) is 16.9. The highest BCUT2D eigenvalue weighted by atomic mass is 16.5. The Morgan fingerprint density at radius 2 is 1.77 bits per heavy atom. The van der Waals surface area contributed by atoms with Crippen molar-refractivity contribution < 1.29 is 14.6 Å². The van der Waals surface area contributed by atoms with Crippen molar-refractivity contribution in [3.63, 3.8) is 0 Å². The van der Waals surface area contributed by atoms with E-state index in [9.17, 15) is 9.90 Å². The summed E-state index contributed by atoms with van der Waals surface area (Å²) in [6, 6.07) is 3.51. The van der Waals surface area contributed by atoms with Crippen molar-refractivity contribution in [3.05, 3.63) is 45.9 Å². The first-order chi connectivity index (χ1) is 10.3. The van der Waals surface area contributed by atoms with Crippen molar-refractivity contribution in [2.45, 2.75) is 46.5 Å². The summed E-state index contributed by atoms with van der Waals surface area (Å²) in [4.78, 5) is 14.9. The van der Waals surface area contributed by atoms with E-state index < -0.39 is 5.97 Å². The van der Waals surface area contributed by atoms with Gasteiger partial charge in [0.2, 0.25) is 0 Å². The van der Waals surface area contributed by atoms with Gasteiger partial charge in [-0.3, -0.25) is 4.79 Å². The molecule has 0 heterocycles. The van der Waals surface area contributed by atoms with E-state index in [0.717, 1.165) is 0 Å². The molecule has 0 aliphatic rings. The van der Waals surface area contributed by atoms with Gasteiger partial charge in [-0.25, -0.2) is 4.85 Å². The second-order valence-electron chi connectivity index (χ2n) is 5.70. The smallest absolute Gasteiger partial charge is 0.336 e. The molecule has 0 fully saturated rings. The van der Waals surface area contributed by atoms with Gasteiger partial charge in [0.05, 0.1) is 13.2 Å². The highest BCUT2D eigenvalue weighted by Crippen LogP contribution is 2.33. The Labute approximate surface area is 132 Å². The fourth-order valence-electron chi connectivity index (χ4n) is 2.14. The van der Waals surface area contributed by atoms with E-state index in [1.54, 1.807) is 19.1 Å². The molecule has 1 aromatic rings. The van der Waals surface area contributed by atoms with Gasteiger partial charge in [-0.15, -0.1) is 5.75 Å². The van der Waals surface area contributed by atoms with Gasteiger partial charge in [0, 0.05) is 0 Å². The minimum absolute atomic E-state index is 0.0441. The van der Waals surface area contributed by atoms with Crippen LogP contribution in [-0.2, 0) is 9.53 Å². The summed E-state index contributed by atoms with van der Waals surface area (Å²) in [6.07, 6.45) is 1.49. The van der Waals surface area contributed by atoms with Crippen LogP contribution in [0.4, 0.5) is 0 Å². The molecule has 0 radical (unpaired) electrons. The first-order valence-electron chi connectivity index (χ1n) is 7.42. The van der Waals surface area contributed by atoms with E-state index >= 15 is 0 Å². The van der Waals surface area contributed by atoms with Gasteiger partial charge in [-0.2, -0.15) is 0 Å². The van der Waals surface area contributed by atoms with Crippen LogP contribution in [0.1, 0.15) is 63.1 Å². The summed E-state index contributed by atoms with van der Waals surface area (Å²) >= 11 is 0. The molecule has 118 valence electrons. The molecule has 0 unspecified atom stereocenters. The van der Waals surface area contributed by atoms with E-state index in [0.29, 0.717) is 16.7 Å². The second-order valence-corrected chi connectivity index (χ2v) is 5.70. The predicted octanol–water partition coefficient (Wildman–Crippen LogP) is 3.83. The van der Waals surface area contributed by atoms with E-state index in [1.165, 1.54) is 6.08 Å². The van der Waals surface area contributed by atoms with E-state index in [-0.39, 0.29) is 29.9 Å². The van der Waals surface area contributed by atoms with Crippen LogP contribution >= 0.6 is 0 Å². The lowest BCUT2D eigenvalue weighted by molar-refractivity contribution is -0.270. The molecule has 1 aromatic carbocycles. The Morgan fingerprint density at radius 1 is 1.27 bits per heavy atom. The number of hydrogen-bond donors (Lipinski definition) is 0. The third-order valence-corrected chi connectivity index (χ3v) is 3.32. The fourth-order valence-corrected chi connectivity index (χ4v) is 2.14. The first-order valence-corrected chi connectivity index (χ1v) is 7.42. The molecule has 0 spiro atoms. The van der Waals surface area contributed by atoms with Crippen LogP contribution in [-0.4, -0.2) is 12.6 Å². The monoisotopic (exact) mass is 300 g/mol. The van der Waals surface area contributed by atoms with Crippen molar-refractivity contribution >= 4 is 12.0 Å². The molecule has 0 amide bonds. The molecule has 22 heavy (non-hydrogen) atoms. The Kier molecular flexibility index (Phi) is 6.18. The number of ether oxygens (including phenoxy) is 1. The Bertz CT molecular complexity index is 593. The lowest BCUT2D eigenvalue weighted by atomic mass is 9.91. The molecule has 0 saturated heterocycles. The molecule has 0 aliphatic heterocycles. The van der Waals surface area contributed by atoms with Crippen molar-refractivity contribution in [1.29, 1.82) is 0 Å². The third kappa shape index (κ3) is 4.11. The zero-order valence-electron chi connectivity index (χ0n) is 13.8. The molecule has 0 bridgehead atoms. The van der Waals surface area contributed by atoms with Crippen LogP contribution in [0.3, 0.4) is 0 Å². The van der Waals surface area contributed by atoms with Crippen LogP contribution in [0.2, 0.25) is 0 Å². The lowest BCUT2D eigenvalue weighted by Gasteiger charge is -2.24. The molecule has 4 nitrogen and oxygen atoms in total. The van der Waals surface area contributed by atoms with Gasteiger partial charge in [0.15, 0.2) is 0 Å². The molecule has 4 heteroatoms. The van der Waals surface area contributed by atoms with Gasteiger partial charge < -0.3 is 9.84 Å². The molecule has 0 saturated carbocycles. The minimum atomic E-state index is -0.638. The maximum absolute atomic E-state index is 12.4.